The Labute approximate surface area is 133 Å². The van der Waals surface area contributed by atoms with Gasteiger partial charge in [-0.1, -0.05) is 30.3 Å². The SMILES string of the molecule is CCOC(=O)C1(F)CCN(C(=O)OCc2ccccc2)CC1=O. The van der Waals surface area contributed by atoms with E-state index in [1.54, 1.807) is 12.1 Å². The molecule has 1 heterocycles. The maximum atomic E-state index is 14.4. The van der Waals surface area contributed by atoms with Gasteiger partial charge in [-0.25, -0.2) is 14.0 Å². The minimum Gasteiger partial charge on any atom is -0.463 e. The predicted molar refractivity (Wildman–Crippen MR) is 78.3 cm³/mol. The first-order chi connectivity index (χ1) is 11.0. The van der Waals surface area contributed by atoms with Crippen molar-refractivity contribution in [1.29, 1.82) is 0 Å². The molecular weight excluding hydrogens is 305 g/mol. The molecule has 1 atom stereocenters. The molecule has 2 rings (SSSR count). The van der Waals surface area contributed by atoms with Crippen molar-refractivity contribution in [3.8, 4) is 0 Å². The van der Waals surface area contributed by atoms with E-state index in [4.69, 9.17) is 4.74 Å². The van der Waals surface area contributed by atoms with Crippen LogP contribution in [0.15, 0.2) is 30.3 Å². The third-order valence-electron chi connectivity index (χ3n) is 3.56. The van der Waals surface area contributed by atoms with Crippen molar-refractivity contribution in [2.75, 3.05) is 19.7 Å². The Morgan fingerprint density at radius 2 is 1.96 bits per heavy atom. The Kier molecular flexibility index (Phi) is 5.31. The van der Waals surface area contributed by atoms with Gasteiger partial charge in [0.25, 0.3) is 5.67 Å². The zero-order valence-electron chi connectivity index (χ0n) is 12.8. The number of hydrogen-bond donors (Lipinski definition) is 0. The number of rotatable bonds is 4. The van der Waals surface area contributed by atoms with E-state index in [2.05, 4.69) is 4.74 Å². The van der Waals surface area contributed by atoms with E-state index in [1.165, 1.54) is 6.92 Å². The van der Waals surface area contributed by atoms with Gasteiger partial charge in [-0.3, -0.25) is 4.79 Å². The summed E-state index contributed by atoms with van der Waals surface area (Å²) < 4.78 is 24.1. The van der Waals surface area contributed by atoms with Crippen LogP contribution >= 0.6 is 0 Å². The second-order valence-corrected chi connectivity index (χ2v) is 5.16. The van der Waals surface area contributed by atoms with E-state index >= 15 is 0 Å². The molecule has 0 spiro atoms. The fourth-order valence-electron chi connectivity index (χ4n) is 2.23. The minimum atomic E-state index is -2.67. The van der Waals surface area contributed by atoms with Crippen LogP contribution in [0, 0.1) is 0 Å². The van der Waals surface area contributed by atoms with Crippen LogP contribution in [-0.4, -0.2) is 48.1 Å². The zero-order chi connectivity index (χ0) is 16.9. The second-order valence-electron chi connectivity index (χ2n) is 5.16. The highest BCUT2D eigenvalue weighted by molar-refractivity contribution is 6.09. The van der Waals surface area contributed by atoms with Gasteiger partial charge in [-0.05, 0) is 12.5 Å². The standard InChI is InChI=1S/C16H18FNO5/c1-2-22-14(20)16(17)8-9-18(10-13(16)19)15(21)23-11-12-6-4-3-5-7-12/h3-7H,2,8-11H2,1H3. The summed E-state index contributed by atoms with van der Waals surface area (Å²) in [4.78, 5) is 36.5. The summed E-state index contributed by atoms with van der Waals surface area (Å²) in [6, 6.07) is 9.05. The van der Waals surface area contributed by atoms with Crippen molar-refractivity contribution in [3.05, 3.63) is 35.9 Å². The van der Waals surface area contributed by atoms with Crippen molar-refractivity contribution in [2.24, 2.45) is 0 Å². The molecule has 1 aromatic rings. The van der Waals surface area contributed by atoms with Gasteiger partial charge in [0.2, 0.25) is 5.78 Å². The topological polar surface area (TPSA) is 72.9 Å². The number of likely N-dealkylation sites (tertiary alicyclic amines) is 1. The van der Waals surface area contributed by atoms with E-state index in [1.807, 2.05) is 18.2 Å². The van der Waals surface area contributed by atoms with Crippen molar-refractivity contribution >= 4 is 17.8 Å². The van der Waals surface area contributed by atoms with Gasteiger partial charge >= 0.3 is 12.1 Å². The van der Waals surface area contributed by atoms with Gasteiger partial charge in [-0.2, -0.15) is 0 Å². The highest BCUT2D eigenvalue weighted by Crippen LogP contribution is 2.25. The summed E-state index contributed by atoms with van der Waals surface area (Å²) in [5.41, 5.74) is -1.87. The van der Waals surface area contributed by atoms with Crippen LogP contribution in [0.1, 0.15) is 18.9 Å². The lowest BCUT2D eigenvalue weighted by Crippen LogP contribution is -2.56. The van der Waals surface area contributed by atoms with Crippen LogP contribution < -0.4 is 0 Å². The molecule has 1 aromatic carbocycles. The largest absolute Gasteiger partial charge is 0.463 e. The van der Waals surface area contributed by atoms with Gasteiger partial charge in [0.15, 0.2) is 0 Å². The number of halogens is 1. The molecule has 6 nitrogen and oxygen atoms in total. The molecule has 1 amide bonds. The Hall–Kier alpha value is -2.44. The number of amides is 1. The highest BCUT2D eigenvalue weighted by Gasteiger charge is 2.51. The quantitative estimate of drug-likeness (QED) is 0.625. The van der Waals surface area contributed by atoms with Gasteiger partial charge in [-0.15, -0.1) is 0 Å². The van der Waals surface area contributed by atoms with Crippen molar-refractivity contribution in [1.82, 2.24) is 4.90 Å². The highest BCUT2D eigenvalue weighted by atomic mass is 19.1. The molecule has 1 aliphatic heterocycles. The van der Waals surface area contributed by atoms with Crippen LogP contribution in [0.5, 0.6) is 0 Å². The molecule has 0 radical (unpaired) electrons. The van der Waals surface area contributed by atoms with E-state index in [0.717, 1.165) is 10.5 Å². The molecule has 0 N–H and O–H groups in total. The van der Waals surface area contributed by atoms with Gasteiger partial charge in [0.1, 0.15) is 6.61 Å². The molecule has 0 aliphatic carbocycles. The molecule has 1 saturated heterocycles. The summed E-state index contributed by atoms with van der Waals surface area (Å²) in [6.45, 7) is 0.975. The number of ketones is 1. The summed E-state index contributed by atoms with van der Waals surface area (Å²) in [6.07, 6.45) is -1.14. The van der Waals surface area contributed by atoms with Crippen molar-refractivity contribution in [3.63, 3.8) is 0 Å². The first-order valence-electron chi connectivity index (χ1n) is 7.32. The monoisotopic (exact) mass is 323 g/mol. The number of carbonyl (C=O) groups is 3. The van der Waals surface area contributed by atoms with Crippen LogP contribution in [0.2, 0.25) is 0 Å². The molecule has 1 fully saturated rings. The third-order valence-corrected chi connectivity index (χ3v) is 3.56. The molecule has 1 aliphatic rings. The lowest BCUT2D eigenvalue weighted by atomic mass is 9.92. The Bertz CT molecular complexity index is 591. The number of piperidine rings is 1. The minimum absolute atomic E-state index is 0.0133. The average Bonchev–Trinajstić information content (AvgIpc) is 2.56. The smallest absolute Gasteiger partial charge is 0.410 e. The normalized spacial score (nSPS) is 21.0. The summed E-state index contributed by atoms with van der Waals surface area (Å²) in [5.74, 6) is -2.18. The Morgan fingerprint density at radius 1 is 1.26 bits per heavy atom. The first-order valence-corrected chi connectivity index (χ1v) is 7.32. The molecule has 7 heteroatoms. The number of nitrogens with zero attached hydrogens (tertiary/aromatic N) is 1. The van der Waals surface area contributed by atoms with Crippen LogP contribution in [-0.2, 0) is 25.7 Å². The average molecular weight is 323 g/mol. The van der Waals surface area contributed by atoms with E-state index in [0.29, 0.717) is 0 Å². The summed E-state index contributed by atoms with van der Waals surface area (Å²) in [5, 5.41) is 0. The number of esters is 1. The molecule has 23 heavy (non-hydrogen) atoms. The summed E-state index contributed by atoms with van der Waals surface area (Å²) in [7, 11) is 0. The first kappa shape index (κ1) is 16.9. The molecule has 124 valence electrons. The maximum Gasteiger partial charge on any atom is 0.410 e. The van der Waals surface area contributed by atoms with E-state index < -0.39 is 36.5 Å². The van der Waals surface area contributed by atoms with Gasteiger partial charge in [0, 0.05) is 13.0 Å². The lowest BCUT2D eigenvalue weighted by molar-refractivity contribution is -0.165. The number of ether oxygens (including phenoxy) is 2. The number of Topliss-reactive ketones (excluding diaryl/α,β-unsaturated/α-hetero) is 1. The van der Waals surface area contributed by atoms with Gasteiger partial charge in [0.05, 0.1) is 13.2 Å². The van der Waals surface area contributed by atoms with E-state index in [-0.39, 0.29) is 19.8 Å². The molecular formula is C16H18FNO5. The second kappa shape index (κ2) is 7.21. The number of carbonyl (C=O) groups excluding carboxylic acids is 3. The number of alkyl halides is 1. The molecule has 0 aromatic heterocycles. The summed E-state index contributed by atoms with van der Waals surface area (Å²) >= 11 is 0. The molecule has 0 bridgehead atoms. The number of hydrogen-bond acceptors (Lipinski definition) is 5. The van der Waals surface area contributed by atoms with Crippen molar-refractivity contribution in [2.45, 2.75) is 25.6 Å². The fourth-order valence-corrected chi connectivity index (χ4v) is 2.23. The maximum absolute atomic E-state index is 14.4. The van der Waals surface area contributed by atoms with E-state index in [9.17, 15) is 18.8 Å². The zero-order valence-corrected chi connectivity index (χ0v) is 12.8. The lowest BCUT2D eigenvalue weighted by Gasteiger charge is -2.32. The molecule has 0 saturated carbocycles. The fraction of sp³-hybridized carbons (Fsp3) is 0.438. The van der Waals surface area contributed by atoms with Crippen molar-refractivity contribution < 1.29 is 28.2 Å². The number of benzene rings is 1. The van der Waals surface area contributed by atoms with Crippen LogP contribution in [0.3, 0.4) is 0 Å². The Morgan fingerprint density at radius 3 is 2.57 bits per heavy atom. The third kappa shape index (κ3) is 3.85. The predicted octanol–water partition coefficient (Wildman–Crippen LogP) is 1.87. The molecule has 1 unspecified atom stereocenters. The Balaban J connectivity index is 1.90. The van der Waals surface area contributed by atoms with Gasteiger partial charge < -0.3 is 14.4 Å². The van der Waals surface area contributed by atoms with Crippen LogP contribution in [0.25, 0.3) is 0 Å². The van der Waals surface area contributed by atoms with Crippen LogP contribution in [0.4, 0.5) is 9.18 Å².